The van der Waals surface area contributed by atoms with E-state index in [1.807, 2.05) is 19.1 Å². The molecule has 1 unspecified atom stereocenters. The molecule has 1 atom stereocenters. The summed E-state index contributed by atoms with van der Waals surface area (Å²) < 4.78 is 5.55. The molecule has 0 amide bonds. The van der Waals surface area contributed by atoms with E-state index in [2.05, 4.69) is 27.0 Å². The number of likely N-dealkylation sites (tertiary alicyclic amines) is 1. The second kappa shape index (κ2) is 11.6. The molecule has 1 saturated heterocycles. The maximum Gasteiger partial charge on any atom is 0.353 e. The molecule has 1 fully saturated rings. The SMILES string of the molecule is CCCCOc1nc(N)c([N+](=O)[O-])c(N(Cc2ccc(CN3CCCC3)cc2)C(C)C=O)n1. The lowest BCUT2D eigenvalue weighted by Crippen LogP contribution is -2.35. The minimum atomic E-state index is -0.675. The van der Waals surface area contributed by atoms with Gasteiger partial charge in [-0.1, -0.05) is 37.6 Å². The van der Waals surface area contributed by atoms with Crippen LogP contribution in [0.25, 0.3) is 0 Å². The van der Waals surface area contributed by atoms with E-state index in [1.165, 1.54) is 18.4 Å². The lowest BCUT2D eigenvalue weighted by atomic mass is 10.1. The molecule has 1 aliphatic heterocycles. The molecular weight excluding hydrogens is 424 g/mol. The Morgan fingerprint density at radius 2 is 1.91 bits per heavy atom. The number of benzene rings is 1. The van der Waals surface area contributed by atoms with Crippen molar-refractivity contribution in [2.24, 2.45) is 0 Å². The molecule has 0 aliphatic carbocycles. The number of rotatable bonds is 12. The van der Waals surface area contributed by atoms with Crippen molar-refractivity contribution in [1.82, 2.24) is 14.9 Å². The van der Waals surface area contributed by atoms with Gasteiger partial charge in [-0.15, -0.1) is 0 Å². The molecule has 0 radical (unpaired) electrons. The Morgan fingerprint density at radius 1 is 1.24 bits per heavy atom. The summed E-state index contributed by atoms with van der Waals surface area (Å²) in [5, 5.41) is 11.8. The van der Waals surface area contributed by atoms with Gasteiger partial charge in [-0.3, -0.25) is 15.0 Å². The van der Waals surface area contributed by atoms with Gasteiger partial charge in [0.25, 0.3) is 0 Å². The summed E-state index contributed by atoms with van der Waals surface area (Å²) in [5.41, 5.74) is 7.58. The van der Waals surface area contributed by atoms with Crippen LogP contribution in [0, 0.1) is 10.1 Å². The van der Waals surface area contributed by atoms with E-state index in [0.29, 0.717) is 6.61 Å². The highest BCUT2D eigenvalue weighted by atomic mass is 16.6. The number of nitrogens with two attached hydrogens (primary N) is 1. The summed E-state index contributed by atoms with van der Waals surface area (Å²) in [6, 6.07) is 7.35. The zero-order valence-electron chi connectivity index (χ0n) is 19.3. The van der Waals surface area contributed by atoms with Gasteiger partial charge in [0.2, 0.25) is 11.6 Å². The van der Waals surface area contributed by atoms with Crippen molar-refractivity contribution in [3.8, 4) is 6.01 Å². The Hall–Kier alpha value is -3.27. The van der Waals surface area contributed by atoms with E-state index in [9.17, 15) is 14.9 Å². The van der Waals surface area contributed by atoms with Gasteiger partial charge in [-0.05, 0) is 50.4 Å². The summed E-state index contributed by atoms with van der Waals surface area (Å²) in [7, 11) is 0. The Kier molecular flexibility index (Phi) is 8.53. The van der Waals surface area contributed by atoms with Crippen LogP contribution in [0.2, 0.25) is 0 Å². The molecule has 1 aliphatic rings. The van der Waals surface area contributed by atoms with Crippen molar-refractivity contribution in [1.29, 1.82) is 0 Å². The predicted molar refractivity (Wildman–Crippen MR) is 126 cm³/mol. The standard InChI is InChI=1S/C23H32N6O4/c1-3-4-13-33-23-25-21(24)20(29(31)32)22(26-23)28(17(2)16-30)15-19-9-7-18(8-10-19)14-27-11-5-6-12-27/h7-10,16-17H,3-6,11-15H2,1-2H3,(H2,24,25,26). The van der Waals surface area contributed by atoms with Crippen molar-refractivity contribution < 1.29 is 14.5 Å². The lowest BCUT2D eigenvalue weighted by molar-refractivity contribution is -0.383. The van der Waals surface area contributed by atoms with E-state index in [-0.39, 0.29) is 24.2 Å². The Balaban J connectivity index is 1.88. The van der Waals surface area contributed by atoms with E-state index >= 15 is 0 Å². The van der Waals surface area contributed by atoms with E-state index < -0.39 is 16.7 Å². The van der Waals surface area contributed by atoms with Gasteiger partial charge in [0.1, 0.15) is 6.29 Å². The largest absolute Gasteiger partial charge is 0.463 e. The number of carbonyl (C=O) groups excluding carboxylic acids is 1. The summed E-state index contributed by atoms with van der Waals surface area (Å²) in [6.07, 6.45) is 4.90. The molecule has 0 spiro atoms. The Bertz CT molecular complexity index is 947. The highest BCUT2D eigenvalue weighted by Gasteiger charge is 2.30. The molecule has 178 valence electrons. The van der Waals surface area contributed by atoms with Crippen LogP contribution in [0.1, 0.15) is 50.7 Å². The number of hydrogen-bond acceptors (Lipinski definition) is 9. The van der Waals surface area contributed by atoms with Crippen molar-refractivity contribution in [2.75, 3.05) is 30.3 Å². The van der Waals surface area contributed by atoms with Gasteiger partial charge in [0.05, 0.1) is 17.6 Å². The summed E-state index contributed by atoms with van der Waals surface area (Å²) in [4.78, 5) is 35.1. The molecule has 33 heavy (non-hydrogen) atoms. The number of carbonyl (C=O) groups is 1. The number of aromatic nitrogens is 2. The smallest absolute Gasteiger partial charge is 0.353 e. The summed E-state index contributed by atoms with van der Waals surface area (Å²) in [6.45, 7) is 7.44. The van der Waals surface area contributed by atoms with Gasteiger partial charge < -0.3 is 20.2 Å². The number of nitrogen functional groups attached to an aromatic ring is 1. The molecule has 0 bridgehead atoms. The molecular formula is C23H32N6O4. The number of anilines is 2. The number of hydrogen-bond donors (Lipinski definition) is 1. The Morgan fingerprint density at radius 3 is 2.52 bits per heavy atom. The second-order valence-corrected chi connectivity index (χ2v) is 8.33. The first kappa shape index (κ1) is 24.4. The highest BCUT2D eigenvalue weighted by Crippen LogP contribution is 2.34. The third-order valence-corrected chi connectivity index (χ3v) is 5.73. The molecule has 10 heteroatoms. The molecule has 1 aromatic carbocycles. The zero-order valence-corrected chi connectivity index (χ0v) is 19.3. The fraction of sp³-hybridized carbons (Fsp3) is 0.522. The fourth-order valence-corrected chi connectivity index (χ4v) is 3.82. The van der Waals surface area contributed by atoms with Crippen LogP contribution in [0.4, 0.5) is 17.3 Å². The average molecular weight is 457 g/mol. The van der Waals surface area contributed by atoms with Crippen LogP contribution in [-0.2, 0) is 17.9 Å². The normalized spacial score (nSPS) is 14.7. The van der Waals surface area contributed by atoms with E-state index in [4.69, 9.17) is 10.5 Å². The number of ether oxygens (including phenoxy) is 1. The highest BCUT2D eigenvalue weighted by molar-refractivity contribution is 5.74. The zero-order chi connectivity index (χ0) is 23.8. The minimum absolute atomic E-state index is 0.0280. The molecule has 10 nitrogen and oxygen atoms in total. The molecule has 2 aromatic rings. The topological polar surface area (TPSA) is 128 Å². The molecule has 3 rings (SSSR count). The van der Waals surface area contributed by atoms with Crippen LogP contribution in [0.5, 0.6) is 6.01 Å². The van der Waals surface area contributed by atoms with Crippen molar-refractivity contribution in [2.45, 2.75) is 58.7 Å². The third kappa shape index (κ3) is 6.38. The van der Waals surface area contributed by atoms with Crippen LogP contribution < -0.4 is 15.4 Å². The first-order chi connectivity index (χ1) is 15.9. The maximum absolute atomic E-state index is 11.8. The first-order valence-electron chi connectivity index (χ1n) is 11.4. The van der Waals surface area contributed by atoms with Crippen LogP contribution in [0.15, 0.2) is 24.3 Å². The number of unbranched alkanes of at least 4 members (excludes halogenated alkanes) is 1. The van der Waals surface area contributed by atoms with Crippen LogP contribution in [0.3, 0.4) is 0 Å². The number of nitrogens with zero attached hydrogens (tertiary/aromatic N) is 5. The van der Waals surface area contributed by atoms with Crippen molar-refractivity contribution in [3.05, 3.63) is 45.5 Å². The second-order valence-electron chi connectivity index (χ2n) is 8.33. The third-order valence-electron chi connectivity index (χ3n) is 5.73. The number of nitro groups is 1. The van der Waals surface area contributed by atoms with E-state index in [1.54, 1.807) is 11.8 Å². The van der Waals surface area contributed by atoms with Crippen molar-refractivity contribution >= 4 is 23.6 Å². The Labute approximate surface area is 193 Å². The average Bonchev–Trinajstić information content (AvgIpc) is 3.30. The van der Waals surface area contributed by atoms with Crippen LogP contribution >= 0.6 is 0 Å². The molecule has 2 N–H and O–H groups in total. The predicted octanol–water partition coefficient (Wildman–Crippen LogP) is 3.34. The van der Waals surface area contributed by atoms with Gasteiger partial charge >= 0.3 is 11.7 Å². The number of aldehydes is 1. The first-order valence-corrected chi connectivity index (χ1v) is 11.4. The molecule has 0 saturated carbocycles. The molecule has 2 heterocycles. The lowest BCUT2D eigenvalue weighted by Gasteiger charge is -2.27. The van der Waals surface area contributed by atoms with Gasteiger partial charge in [-0.25, -0.2) is 0 Å². The van der Waals surface area contributed by atoms with E-state index in [0.717, 1.165) is 44.3 Å². The van der Waals surface area contributed by atoms with Crippen LogP contribution in [-0.4, -0.2) is 51.8 Å². The summed E-state index contributed by atoms with van der Waals surface area (Å²) in [5.74, 6) is -0.319. The fourth-order valence-electron chi connectivity index (χ4n) is 3.82. The van der Waals surface area contributed by atoms with Gasteiger partial charge in [0.15, 0.2) is 0 Å². The summed E-state index contributed by atoms with van der Waals surface area (Å²) >= 11 is 0. The van der Waals surface area contributed by atoms with Gasteiger partial charge in [-0.2, -0.15) is 9.97 Å². The quantitative estimate of drug-likeness (QED) is 0.221. The maximum atomic E-state index is 11.8. The van der Waals surface area contributed by atoms with Gasteiger partial charge in [0, 0.05) is 13.1 Å². The van der Waals surface area contributed by atoms with Crippen molar-refractivity contribution in [3.63, 3.8) is 0 Å². The monoisotopic (exact) mass is 456 g/mol. The molecule has 1 aromatic heterocycles. The minimum Gasteiger partial charge on any atom is -0.463 e.